The maximum Gasteiger partial charge on any atom is 0.116 e. The molecule has 3 nitrogen and oxygen atoms in total. The first-order valence-electron chi connectivity index (χ1n) is 5.43. The summed E-state index contributed by atoms with van der Waals surface area (Å²) in [6, 6.07) is 7.18. The van der Waals surface area contributed by atoms with E-state index in [2.05, 4.69) is 0 Å². The van der Waals surface area contributed by atoms with Crippen LogP contribution < -0.4 is 5.73 Å². The first-order valence-corrected chi connectivity index (χ1v) is 5.43. The van der Waals surface area contributed by atoms with Gasteiger partial charge in [0.15, 0.2) is 0 Å². The van der Waals surface area contributed by atoms with E-state index in [-0.39, 0.29) is 5.75 Å². The third-order valence-corrected chi connectivity index (χ3v) is 2.27. The molecule has 0 fully saturated rings. The molecule has 1 aromatic rings. The zero-order valence-corrected chi connectivity index (χ0v) is 9.65. The highest BCUT2D eigenvalue weighted by Crippen LogP contribution is 2.16. The average Bonchev–Trinajstić information content (AvgIpc) is 2.26. The zero-order valence-electron chi connectivity index (χ0n) is 9.65. The predicted molar refractivity (Wildman–Crippen MR) is 66.2 cm³/mol. The highest BCUT2D eigenvalue weighted by atomic mass is 16.5. The molecule has 16 heavy (non-hydrogen) atoms. The van der Waals surface area contributed by atoms with Gasteiger partial charge in [0.1, 0.15) is 5.75 Å². The molecule has 0 saturated heterocycles. The van der Waals surface area contributed by atoms with Gasteiger partial charge in [-0.05, 0) is 42.7 Å². The molecule has 1 rings (SSSR count). The molecule has 0 spiro atoms. The number of phenolic OH excluding ortho intramolecular Hbond substituents is 1. The second kappa shape index (κ2) is 7.04. The van der Waals surface area contributed by atoms with Crippen LogP contribution in [0.2, 0.25) is 0 Å². The number of ether oxygens (including phenoxy) is 1. The van der Waals surface area contributed by atoms with Crippen molar-refractivity contribution in [2.45, 2.75) is 12.8 Å². The lowest BCUT2D eigenvalue weighted by Gasteiger charge is -2.06. The summed E-state index contributed by atoms with van der Waals surface area (Å²) < 4.78 is 5.13. The van der Waals surface area contributed by atoms with Gasteiger partial charge < -0.3 is 15.6 Å². The second-order valence-corrected chi connectivity index (χ2v) is 3.72. The van der Waals surface area contributed by atoms with Crippen LogP contribution in [0, 0.1) is 0 Å². The standard InChI is InChI=1S/C13H19NO2/c1-16-10-12(5-3-7-14)8-11-4-2-6-13(15)9-11/h2,4,6,8-9,15H,3,5,7,10,14H2,1H3/b12-8+. The van der Waals surface area contributed by atoms with Gasteiger partial charge in [-0.2, -0.15) is 0 Å². The van der Waals surface area contributed by atoms with E-state index in [9.17, 15) is 5.11 Å². The van der Waals surface area contributed by atoms with Crippen molar-refractivity contribution in [2.75, 3.05) is 20.3 Å². The van der Waals surface area contributed by atoms with Crippen LogP contribution >= 0.6 is 0 Å². The average molecular weight is 221 g/mol. The molecule has 0 aliphatic carbocycles. The highest BCUT2D eigenvalue weighted by Gasteiger charge is 1.98. The quantitative estimate of drug-likeness (QED) is 0.774. The van der Waals surface area contributed by atoms with Crippen LogP contribution in [0.25, 0.3) is 6.08 Å². The minimum atomic E-state index is 0.282. The molecule has 0 unspecified atom stereocenters. The van der Waals surface area contributed by atoms with Gasteiger partial charge in [-0.1, -0.05) is 18.2 Å². The number of phenols is 1. The summed E-state index contributed by atoms with van der Waals surface area (Å²) in [5, 5.41) is 9.35. The predicted octanol–water partition coefficient (Wildman–Crippen LogP) is 2.16. The summed E-state index contributed by atoms with van der Waals surface area (Å²) in [5.74, 6) is 0.282. The molecule has 0 heterocycles. The Morgan fingerprint density at radius 2 is 2.31 bits per heavy atom. The van der Waals surface area contributed by atoms with E-state index in [4.69, 9.17) is 10.5 Å². The lowest BCUT2D eigenvalue weighted by molar-refractivity contribution is 0.223. The van der Waals surface area contributed by atoms with Crippen LogP contribution in [0.4, 0.5) is 0 Å². The number of hydrogen-bond acceptors (Lipinski definition) is 3. The molecule has 1 aromatic carbocycles. The van der Waals surface area contributed by atoms with E-state index in [1.54, 1.807) is 19.2 Å². The Bertz CT molecular complexity index is 348. The van der Waals surface area contributed by atoms with Crippen LogP contribution in [0.5, 0.6) is 5.75 Å². The summed E-state index contributed by atoms with van der Waals surface area (Å²) in [5.41, 5.74) is 7.67. The highest BCUT2D eigenvalue weighted by molar-refractivity contribution is 5.54. The Balaban J connectivity index is 2.75. The molecule has 0 aliphatic rings. The van der Waals surface area contributed by atoms with Gasteiger partial charge >= 0.3 is 0 Å². The summed E-state index contributed by atoms with van der Waals surface area (Å²) in [6.07, 6.45) is 3.92. The largest absolute Gasteiger partial charge is 0.508 e. The van der Waals surface area contributed by atoms with Gasteiger partial charge in [0.25, 0.3) is 0 Å². The first-order chi connectivity index (χ1) is 7.76. The Morgan fingerprint density at radius 1 is 1.50 bits per heavy atom. The topological polar surface area (TPSA) is 55.5 Å². The minimum Gasteiger partial charge on any atom is -0.508 e. The fraction of sp³-hybridized carbons (Fsp3) is 0.385. The molecular weight excluding hydrogens is 202 g/mol. The van der Waals surface area contributed by atoms with Crippen LogP contribution in [0.3, 0.4) is 0 Å². The van der Waals surface area contributed by atoms with Crippen molar-refractivity contribution < 1.29 is 9.84 Å². The number of methoxy groups -OCH3 is 1. The molecule has 3 N–H and O–H groups in total. The summed E-state index contributed by atoms with van der Waals surface area (Å²) in [6.45, 7) is 1.29. The van der Waals surface area contributed by atoms with Crippen molar-refractivity contribution in [3.8, 4) is 5.75 Å². The molecule has 3 heteroatoms. The van der Waals surface area contributed by atoms with Gasteiger partial charge in [-0.3, -0.25) is 0 Å². The number of benzene rings is 1. The molecule has 0 amide bonds. The van der Waals surface area contributed by atoms with Crippen molar-refractivity contribution in [2.24, 2.45) is 5.73 Å². The number of nitrogens with two attached hydrogens (primary N) is 1. The van der Waals surface area contributed by atoms with E-state index in [1.807, 2.05) is 18.2 Å². The van der Waals surface area contributed by atoms with E-state index in [1.165, 1.54) is 5.57 Å². The lowest BCUT2D eigenvalue weighted by Crippen LogP contribution is -2.01. The van der Waals surface area contributed by atoms with Gasteiger partial charge in [0, 0.05) is 7.11 Å². The zero-order chi connectivity index (χ0) is 11.8. The summed E-state index contributed by atoms with van der Waals surface area (Å²) in [7, 11) is 1.68. The monoisotopic (exact) mass is 221 g/mol. The number of aromatic hydroxyl groups is 1. The fourth-order valence-corrected chi connectivity index (χ4v) is 1.55. The van der Waals surface area contributed by atoms with E-state index in [0.717, 1.165) is 18.4 Å². The molecule has 0 bridgehead atoms. The number of rotatable bonds is 6. The Hall–Kier alpha value is -1.32. The van der Waals surface area contributed by atoms with Gasteiger partial charge in [0.05, 0.1) is 6.61 Å². The number of hydrogen-bond donors (Lipinski definition) is 2. The molecule has 88 valence electrons. The van der Waals surface area contributed by atoms with Crippen molar-refractivity contribution in [3.05, 3.63) is 35.4 Å². The lowest BCUT2D eigenvalue weighted by atomic mass is 10.1. The Morgan fingerprint density at radius 3 is 2.94 bits per heavy atom. The van der Waals surface area contributed by atoms with Crippen molar-refractivity contribution in [3.63, 3.8) is 0 Å². The third-order valence-electron chi connectivity index (χ3n) is 2.27. The summed E-state index contributed by atoms with van der Waals surface area (Å²) in [4.78, 5) is 0. The van der Waals surface area contributed by atoms with Crippen molar-refractivity contribution in [1.29, 1.82) is 0 Å². The van der Waals surface area contributed by atoms with E-state index < -0.39 is 0 Å². The molecule has 0 aliphatic heterocycles. The summed E-state index contributed by atoms with van der Waals surface area (Å²) >= 11 is 0. The van der Waals surface area contributed by atoms with Gasteiger partial charge in [-0.15, -0.1) is 0 Å². The maximum atomic E-state index is 9.35. The van der Waals surface area contributed by atoms with Gasteiger partial charge in [-0.25, -0.2) is 0 Å². The molecular formula is C13H19NO2. The van der Waals surface area contributed by atoms with E-state index >= 15 is 0 Å². The molecule has 0 radical (unpaired) electrons. The first kappa shape index (κ1) is 12.7. The van der Waals surface area contributed by atoms with Crippen LogP contribution in [0.1, 0.15) is 18.4 Å². The molecule has 0 aromatic heterocycles. The SMILES string of the molecule is COC/C(=C/c1cccc(O)c1)CCCN. The Kier molecular flexibility index (Phi) is 5.61. The smallest absolute Gasteiger partial charge is 0.116 e. The Labute approximate surface area is 96.5 Å². The molecule has 0 saturated carbocycles. The minimum absolute atomic E-state index is 0.282. The molecule has 0 atom stereocenters. The van der Waals surface area contributed by atoms with E-state index in [0.29, 0.717) is 13.2 Å². The maximum absolute atomic E-state index is 9.35. The third kappa shape index (κ3) is 4.47. The fourth-order valence-electron chi connectivity index (χ4n) is 1.55. The second-order valence-electron chi connectivity index (χ2n) is 3.72. The van der Waals surface area contributed by atoms with Gasteiger partial charge in [0.2, 0.25) is 0 Å². The normalized spacial score (nSPS) is 11.8. The van der Waals surface area contributed by atoms with Crippen molar-refractivity contribution in [1.82, 2.24) is 0 Å². The van der Waals surface area contributed by atoms with Crippen LogP contribution in [-0.2, 0) is 4.74 Å². The van der Waals surface area contributed by atoms with Crippen LogP contribution in [-0.4, -0.2) is 25.4 Å². The van der Waals surface area contributed by atoms with Crippen LogP contribution in [0.15, 0.2) is 29.8 Å². The van der Waals surface area contributed by atoms with Crippen molar-refractivity contribution >= 4 is 6.08 Å².